The van der Waals surface area contributed by atoms with Crippen LogP contribution < -0.4 is 10.6 Å². The zero-order valence-electron chi connectivity index (χ0n) is 19.3. The first-order valence-electron chi connectivity index (χ1n) is 11.2. The van der Waals surface area contributed by atoms with Crippen molar-refractivity contribution in [1.82, 2.24) is 10.3 Å². The lowest BCUT2D eigenvalue weighted by Crippen LogP contribution is -2.39. The van der Waals surface area contributed by atoms with Gasteiger partial charge >= 0.3 is 0 Å². The van der Waals surface area contributed by atoms with Crippen molar-refractivity contribution in [2.75, 3.05) is 5.32 Å². The van der Waals surface area contributed by atoms with Gasteiger partial charge in [-0.3, -0.25) is 14.9 Å². The predicted molar refractivity (Wildman–Crippen MR) is 133 cm³/mol. The van der Waals surface area contributed by atoms with E-state index < -0.39 is 5.92 Å². The van der Waals surface area contributed by atoms with Crippen LogP contribution in [0.2, 0.25) is 0 Å². The molecule has 2 aliphatic rings. The van der Waals surface area contributed by atoms with Gasteiger partial charge in [0.2, 0.25) is 0 Å². The van der Waals surface area contributed by atoms with E-state index in [0.29, 0.717) is 17.1 Å². The number of nitrogens with one attached hydrogen (secondary N) is 2. The van der Waals surface area contributed by atoms with E-state index in [1.807, 2.05) is 62.4 Å². The normalized spacial score (nSPS) is 20.0. The van der Waals surface area contributed by atoms with Crippen LogP contribution in [0.3, 0.4) is 0 Å². The summed E-state index contributed by atoms with van der Waals surface area (Å²) < 4.78 is 1.02. The first-order chi connectivity index (χ1) is 15.7. The van der Waals surface area contributed by atoms with Crippen LogP contribution >= 0.6 is 11.3 Å². The summed E-state index contributed by atoms with van der Waals surface area (Å²) in [4.78, 5) is 31.7. The fourth-order valence-electron chi connectivity index (χ4n) is 5.05. The molecule has 2 aromatic carbocycles. The monoisotopic (exact) mass is 457 g/mol. The number of thiazole rings is 1. The summed E-state index contributed by atoms with van der Waals surface area (Å²) in [6.45, 7) is 8.20. The van der Waals surface area contributed by atoms with Crippen molar-refractivity contribution in [3.8, 4) is 0 Å². The minimum absolute atomic E-state index is 0.111. The number of dihydropyridines is 1. The molecule has 1 unspecified atom stereocenters. The molecule has 5 nitrogen and oxygen atoms in total. The molecule has 6 heteroatoms. The number of benzene rings is 2. The number of hydrogen-bond donors (Lipinski definition) is 2. The standard InChI is InChI=1S/C27H27N3O2S/c1-15-9-5-6-10-17(15)23-22(16(2)28-19-13-27(3,4)14-20(31)24(19)23)25(32)30-26-29-18-11-7-8-12-21(18)33-26/h5-12,23,28H,13-14H2,1-4H3,(H,29,30,32). The molecule has 2 heterocycles. The molecule has 1 aliphatic heterocycles. The molecule has 2 N–H and O–H groups in total. The molecule has 3 aromatic rings. The Morgan fingerprint density at radius 2 is 1.82 bits per heavy atom. The van der Waals surface area contributed by atoms with Crippen LogP contribution in [0.1, 0.15) is 50.7 Å². The number of allylic oxidation sites excluding steroid dienone is 3. The van der Waals surface area contributed by atoms with Crippen LogP contribution in [0.4, 0.5) is 5.13 Å². The van der Waals surface area contributed by atoms with Crippen LogP contribution in [-0.2, 0) is 9.59 Å². The molecule has 1 amide bonds. The smallest absolute Gasteiger partial charge is 0.256 e. The lowest BCUT2D eigenvalue weighted by Gasteiger charge is -2.40. The average molecular weight is 458 g/mol. The van der Waals surface area contributed by atoms with E-state index in [9.17, 15) is 9.59 Å². The van der Waals surface area contributed by atoms with Gasteiger partial charge in [-0.05, 0) is 48.9 Å². The van der Waals surface area contributed by atoms with Gasteiger partial charge in [-0.25, -0.2) is 4.98 Å². The topological polar surface area (TPSA) is 71.1 Å². The van der Waals surface area contributed by atoms with Crippen molar-refractivity contribution >= 4 is 38.4 Å². The number of carbonyl (C=O) groups is 2. The Kier molecular flexibility index (Phi) is 5.20. The van der Waals surface area contributed by atoms with Crippen LogP contribution in [0.5, 0.6) is 0 Å². The first-order valence-corrected chi connectivity index (χ1v) is 12.0. The van der Waals surface area contributed by atoms with E-state index in [1.54, 1.807) is 0 Å². The zero-order chi connectivity index (χ0) is 23.3. The molecule has 0 saturated heterocycles. The highest BCUT2D eigenvalue weighted by atomic mass is 32.1. The maximum atomic E-state index is 13.7. The van der Waals surface area contributed by atoms with Crippen molar-refractivity contribution in [3.05, 3.63) is 82.2 Å². The molecular weight excluding hydrogens is 430 g/mol. The van der Waals surface area contributed by atoms with E-state index >= 15 is 0 Å². The van der Waals surface area contributed by atoms with Gasteiger partial charge in [0.05, 0.1) is 10.2 Å². The highest BCUT2D eigenvalue weighted by Crippen LogP contribution is 2.47. The maximum absolute atomic E-state index is 13.7. The number of para-hydroxylation sites is 1. The molecular formula is C27H27N3O2S. The highest BCUT2D eigenvalue weighted by Gasteiger charge is 2.43. The molecule has 0 fully saturated rings. The number of aryl methyl sites for hydroxylation is 1. The predicted octanol–water partition coefficient (Wildman–Crippen LogP) is 5.85. The number of ketones is 1. The van der Waals surface area contributed by atoms with Gasteiger partial charge in [0, 0.05) is 34.9 Å². The van der Waals surface area contributed by atoms with E-state index in [-0.39, 0.29) is 17.1 Å². The Morgan fingerprint density at radius 3 is 2.58 bits per heavy atom. The summed E-state index contributed by atoms with van der Waals surface area (Å²) in [6.07, 6.45) is 1.25. The Morgan fingerprint density at radius 1 is 1.09 bits per heavy atom. The van der Waals surface area contributed by atoms with Crippen molar-refractivity contribution in [2.24, 2.45) is 5.41 Å². The van der Waals surface area contributed by atoms with Crippen LogP contribution in [0.15, 0.2) is 71.1 Å². The molecule has 0 saturated carbocycles. The summed E-state index contributed by atoms with van der Waals surface area (Å²) in [5.74, 6) is -0.517. The molecule has 33 heavy (non-hydrogen) atoms. The minimum Gasteiger partial charge on any atom is -0.362 e. The second-order valence-electron chi connectivity index (χ2n) is 9.73. The Balaban J connectivity index is 1.59. The van der Waals surface area contributed by atoms with Gasteiger partial charge in [0.25, 0.3) is 5.91 Å². The summed E-state index contributed by atoms with van der Waals surface area (Å²) in [6, 6.07) is 15.8. The lowest BCUT2D eigenvalue weighted by molar-refractivity contribution is -0.118. The lowest BCUT2D eigenvalue weighted by atomic mass is 9.68. The molecule has 0 bridgehead atoms. The third-order valence-electron chi connectivity index (χ3n) is 6.50. The average Bonchev–Trinajstić information content (AvgIpc) is 3.14. The quantitative estimate of drug-likeness (QED) is 0.518. The van der Waals surface area contributed by atoms with Gasteiger partial charge in [0.15, 0.2) is 10.9 Å². The van der Waals surface area contributed by atoms with Gasteiger partial charge in [0.1, 0.15) is 0 Å². The largest absolute Gasteiger partial charge is 0.362 e. The third-order valence-corrected chi connectivity index (χ3v) is 7.45. The zero-order valence-corrected chi connectivity index (χ0v) is 20.1. The van der Waals surface area contributed by atoms with Crippen molar-refractivity contribution < 1.29 is 9.59 Å². The van der Waals surface area contributed by atoms with E-state index in [4.69, 9.17) is 0 Å². The minimum atomic E-state index is -0.402. The fraction of sp³-hybridized carbons (Fsp3) is 0.296. The third kappa shape index (κ3) is 3.89. The number of rotatable bonds is 3. The van der Waals surface area contributed by atoms with Gasteiger partial charge in [-0.15, -0.1) is 0 Å². The number of fused-ring (bicyclic) bond motifs is 1. The Hall–Kier alpha value is -3.25. The molecule has 5 rings (SSSR count). The van der Waals surface area contributed by atoms with Crippen molar-refractivity contribution in [2.45, 2.75) is 46.5 Å². The molecule has 168 valence electrons. The molecule has 1 aromatic heterocycles. The summed E-state index contributed by atoms with van der Waals surface area (Å²) in [5.41, 5.74) is 5.83. The molecule has 1 atom stereocenters. The van der Waals surface area contributed by atoms with Crippen molar-refractivity contribution in [1.29, 1.82) is 0 Å². The number of hydrogen-bond acceptors (Lipinski definition) is 5. The maximum Gasteiger partial charge on any atom is 0.256 e. The van der Waals surface area contributed by atoms with Crippen LogP contribution in [0.25, 0.3) is 10.2 Å². The Bertz CT molecular complexity index is 1330. The number of aromatic nitrogens is 1. The molecule has 0 spiro atoms. The fourth-order valence-corrected chi connectivity index (χ4v) is 5.91. The van der Waals surface area contributed by atoms with Crippen LogP contribution in [0, 0.1) is 12.3 Å². The summed E-state index contributed by atoms with van der Waals surface area (Å²) in [7, 11) is 0. The Labute approximate surface area is 197 Å². The molecule has 0 radical (unpaired) electrons. The number of anilines is 1. The second-order valence-corrected chi connectivity index (χ2v) is 10.8. The van der Waals surface area contributed by atoms with Gasteiger partial charge in [-0.1, -0.05) is 61.6 Å². The summed E-state index contributed by atoms with van der Waals surface area (Å²) in [5, 5.41) is 7.00. The van der Waals surface area contributed by atoms with Crippen LogP contribution in [-0.4, -0.2) is 16.7 Å². The van der Waals surface area contributed by atoms with Gasteiger partial charge in [-0.2, -0.15) is 0 Å². The number of Topliss-reactive ketones (excluding diaryl/α,β-unsaturated/α-hetero) is 1. The first kappa shape index (κ1) is 21.6. The van der Waals surface area contributed by atoms with E-state index in [0.717, 1.165) is 44.7 Å². The van der Waals surface area contributed by atoms with E-state index in [2.05, 4.69) is 29.5 Å². The number of carbonyl (C=O) groups excluding carboxylic acids is 2. The second kappa shape index (κ2) is 7.96. The molecule has 1 aliphatic carbocycles. The SMILES string of the molecule is CC1=C(C(=O)Nc2nc3ccccc3s2)C(c2ccccc2C)C2=C(CC(C)(C)CC2=O)N1. The summed E-state index contributed by atoms with van der Waals surface area (Å²) >= 11 is 1.45. The number of nitrogens with zero attached hydrogens (tertiary/aromatic N) is 1. The van der Waals surface area contributed by atoms with E-state index in [1.165, 1.54) is 11.3 Å². The van der Waals surface area contributed by atoms with Gasteiger partial charge < -0.3 is 5.32 Å². The highest BCUT2D eigenvalue weighted by molar-refractivity contribution is 7.22. The van der Waals surface area contributed by atoms with Crippen molar-refractivity contribution in [3.63, 3.8) is 0 Å². The number of amides is 1.